The van der Waals surface area contributed by atoms with Gasteiger partial charge in [0.25, 0.3) is 0 Å². The first kappa shape index (κ1) is 10.7. The fraction of sp³-hybridized carbons (Fsp3) is 0.0909. The molecule has 0 amide bonds. The molecule has 0 saturated carbocycles. The van der Waals surface area contributed by atoms with Gasteiger partial charge in [-0.25, -0.2) is 4.39 Å². The van der Waals surface area contributed by atoms with E-state index in [1.807, 2.05) is 0 Å². The Hall–Kier alpha value is -2.33. The second-order valence-electron chi connectivity index (χ2n) is 2.94. The number of halogens is 1. The van der Waals surface area contributed by atoms with Crippen LogP contribution in [0, 0.1) is 35.4 Å². The molecule has 0 atom stereocenters. The summed E-state index contributed by atoms with van der Waals surface area (Å²) >= 11 is 0. The van der Waals surface area contributed by atoms with Crippen molar-refractivity contribution < 1.29 is 4.39 Å². The number of aryl methyl sites for hydroxylation is 1. The van der Waals surface area contributed by atoms with Gasteiger partial charge in [0.1, 0.15) is 23.5 Å². The van der Waals surface area contributed by atoms with Gasteiger partial charge in [0.05, 0.1) is 0 Å². The summed E-state index contributed by atoms with van der Waals surface area (Å²) in [5.74, 6) is -0.360. The minimum Gasteiger partial charge on any atom is -0.360 e. The lowest BCUT2D eigenvalue weighted by Gasteiger charge is -2.02. The maximum atomic E-state index is 12.9. The van der Waals surface area contributed by atoms with Crippen molar-refractivity contribution in [2.75, 3.05) is 5.32 Å². The van der Waals surface area contributed by atoms with Gasteiger partial charge < -0.3 is 5.32 Å². The third-order valence-corrected chi connectivity index (χ3v) is 1.67. The molecule has 0 heterocycles. The molecular formula is C11H8FN3. The number of hydrogen-bond donors (Lipinski definition) is 1. The highest BCUT2D eigenvalue weighted by Crippen LogP contribution is 2.13. The lowest BCUT2D eigenvalue weighted by atomic mass is 10.2. The topological polar surface area (TPSA) is 59.6 Å². The zero-order chi connectivity index (χ0) is 11.3. The van der Waals surface area contributed by atoms with Gasteiger partial charge in [0.15, 0.2) is 0 Å². The fourth-order valence-corrected chi connectivity index (χ4v) is 1.06. The zero-order valence-electron chi connectivity index (χ0n) is 8.08. The molecule has 4 heteroatoms. The molecule has 0 aliphatic carbocycles. The first-order valence-corrected chi connectivity index (χ1v) is 4.20. The average Bonchev–Trinajstić information content (AvgIpc) is 2.18. The molecule has 1 aromatic carbocycles. The minimum atomic E-state index is -0.360. The fourth-order valence-electron chi connectivity index (χ4n) is 1.06. The highest BCUT2D eigenvalue weighted by molar-refractivity contribution is 5.50. The summed E-state index contributed by atoms with van der Waals surface area (Å²) in [4.78, 5) is 0. The van der Waals surface area contributed by atoms with E-state index in [4.69, 9.17) is 10.5 Å². The summed E-state index contributed by atoms with van der Waals surface area (Å²) in [6.45, 7) is 1.76. The number of anilines is 1. The van der Waals surface area contributed by atoms with Crippen LogP contribution in [-0.2, 0) is 0 Å². The van der Waals surface area contributed by atoms with Crippen LogP contribution in [0.5, 0.6) is 0 Å². The molecule has 3 nitrogen and oxygen atoms in total. The molecule has 1 aromatic rings. The summed E-state index contributed by atoms with van der Waals surface area (Å²) < 4.78 is 12.9. The van der Waals surface area contributed by atoms with Gasteiger partial charge in [-0.1, -0.05) is 0 Å². The summed E-state index contributed by atoms with van der Waals surface area (Å²) in [7, 11) is 0. The third-order valence-electron chi connectivity index (χ3n) is 1.67. The number of nitrogens with one attached hydrogen (secondary N) is 1. The Morgan fingerprint density at radius 1 is 1.33 bits per heavy atom. The van der Waals surface area contributed by atoms with Gasteiger partial charge in [0, 0.05) is 11.9 Å². The smallest absolute Gasteiger partial charge is 0.145 e. The molecule has 0 aliphatic rings. The van der Waals surface area contributed by atoms with E-state index in [0.717, 1.165) is 5.56 Å². The van der Waals surface area contributed by atoms with Crippen molar-refractivity contribution in [1.82, 2.24) is 0 Å². The predicted octanol–water partition coefficient (Wildman–Crippen LogP) is 2.48. The Kier molecular flexibility index (Phi) is 3.43. The molecule has 0 saturated heterocycles. The minimum absolute atomic E-state index is 0.0584. The van der Waals surface area contributed by atoms with Gasteiger partial charge in [0.2, 0.25) is 0 Å². The molecule has 15 heavy (non-hydrogen) atoms. The Labute approximate surface area is 87.1 Å². The van der Waals surface area contributed by atoms with Gasteiger partial charge in [-0.05, 0) is 30.7 Å². The normalized spacial score (nSPS) is 8.53. The van der Waals surface area contributed by atoms with Crippen LogP contribution in [-0.4, -0.2) is 0 Å². The summed E-state index contributed by atoms with van der Waals surface area (Å²) in [5.41, 5.74) is 1.22. The van der Waals surface area contributed by atoms with E-state index in [-0.39, 0.29) is 11.4 Å². The van der Waals surface area contributed by atoms with E-state index in [1.54, 1.807) is 25.1 Å². The van der Waals surface area contributed by atoms with E-state index in [1.165, 1.54) is 18.3 Å². The highest BCUT2D eigenvalue weighted by atomic mass is 19.1. The van der Waals surface area contributed by atoms with E-state index < -0.39 is 0 Å². The van der Waals surface area contributed by atoms with Gasteiger partial charge in [-0.15, -0.1) is 0 Å². The molecule has 74 valence electrons. The lowest BCUT2D eigenvalue weighted by Crippen LogP contribution is -1.91. The number of benzene rings is 1. The van der Waals surface area contributed by atoms with E-state index in [9.17, 15) is 4.39 Å². The number of rotatable bonds is 2. The van der Waals surface area contributed by atoms with Crippen molar-refractivity contribution in [2.24, 2.45) is 0 Å². The second kappa shape index (κ2) is 4.78. The average molecular weight is 201 g/mol. The lowest BCUT2D eigenvalue weighted by molar-refractivity contribution is 0.627. The van der Waals surface area contributed by atoms with Crippen LogP contribution in [0.4, 0.5) is 10.1 Å². The van der Waals surface area contributed by atoms with Crippen molar-refractivity contribution >= 4 is 5.69 Å². The Morgan fingerprint density at radius 3 is 2.53 bits per heavy atom. The molecule has 0 bridgehead atoms. The van der Waals surface area contributed by atoms with Crippen LogP contribution in [0.25, 0.3) is 0 Å². The molecule has 0 spiro atoms. The van der Waals surface area contributed by atoms with E-state index in [0.29, 0.717) is 5.69 Å². The zero-order valence-corrected chi connectivity index (χ0v) is 8.08. The van der Waals surface area contributed by atoms with Crippen LogP contribution in [0.1, 0.15) is 5.56 Å². The third kappa shape index (κ3) is 3.13. The van der Waals surface area contributed by atoms with E-state index >= 15 is 0 Å². The molecule has 0 fully saturated rings. The molecule has 0 unspecified atom stereocenters. The molecule has 0 radical (unpaired) electrons. The summed E-state index contributed by atoms with van der Waals surface area (Å²) in [5, 5.41) is 19.6. The second-order valence-corrected chi connectivity index (χ2v) is 2.94. The van der Waals surface area contributed by atoms with Gasteiger partial charge >= 0.3 is 0 Å². The Bertz CT molecular complexity index is 441. The first-order valence-electron chi connectivity index (χ1n) is 4.20. The maximum Gasteiger partial charge on any atom is 0.145 e. The first-order chi connectivity index (χ1) is 7.15. The standard InChI is InChI=1S/C11H8FN3/c1-8-2-10(12)4-11(3-8)15-7-9(5-13)6-14/h2-4,7,15H,1H3. The monoisotopic (exact) mass is 201 g/mol. The largest absolute Gasteiger partial charge is 0.360 e. The van der Waals surface area contributed by atoms with Crippen molar-refractivity contribution in [1.29, 1.82) is 10.5 Å². The SMILES string of the molecule is Cc1cc(F)cc(NC=C(C#N)C#N)c1. The number of hydrogen-bond acceptors (Lipinski definition) is 3. The van der Waals surface area contributed by atoms with E-state index in [2.05, 4.69) is 5.32 Å². The molecule has 0 aliphatic heterocycles. The molecular weight excluding hydrogens is 193 g/mol. The summed E-state index contributed by atoms with van der Waals surface area (Å²) in [6.07, 6.45) is 1.24. The summed E-state index contributed by atoms with van der Waals surface area (Å²) in [6, 6.07) is 7.78. The Balaban J connectivity index is 2.88. The van der Waals surface area contributed by atoms with Crippen molar-refractivity contribution in [3.05, 3.63) is 41.4 Å². The van der Waals surface area contributed by atoms with Crippen LogP contribution in [0.3, 0.4) is 0 Å². The maximum absolute atomic E-state index is 12.9. The number of nitrogens with zero attached hydrogens (tertiary/aromatic N) is 2. The molecule has 0 aromatic heterocycles. The van der Waals surface area contributed by atoms with Crippen LogP contribution >= 0.6 is 0 Å². The highest BCUT2D eigenvalue weighted by Gasteiger charge is 1.97. The Morgan fingerprint density at radius 2 is 2.00 bits per heavy atom. The van der Waals surface area contributed by atoms with Crippen LogP contribution in [0.15, 0.2) is 30.0 Å². The number of allylic oxidation sites excluding steroid dienone is 1. The van der Waals surface area contributed by atoms with Crippen molar-refractivity contribution in [2.45, 2.75) is 6.92 Å². The number of nitriles is 2. The van der Waals surface area contributed by atoms with Crippen LogP contribution < -0.4 is 5.32 Å². The van der Waals surface area contributed by atoms with Gasteiger partial charge in [-0.2, -0.15) is 10.5 Å². The van der Waals surface area contributed by atoms with Crippen molar-refractivity contribution in [3.8, 4) is 12.1 Å². The molecule has 1 N–H and O–H groups in total. The van der Waals surface area contributed by atoms with Gasteiger partial charge in [-0.3, -0.25) is 0 Å². The predicted molar refractivity (Wildman–Crippen MR) is 54.1 cm³/mol. The van der Waals surface area contributed by atoms with Crippen molar-refractivity contribution in [3.63, 3.8) is 0 Å². The molecule has 1 rings (SSSR count). The van der Waals surface area contributed by atoms with Crippen LogP contribution in [0.2, 0.25) is 0 Å². The quantitative estimate of drug-likeness (QED) is 0.747.